The molecule has 0 N–H and O–H groups in total. The van der Waals surface area contributed by atoms with Crippen LogP contribution in [0.2, 0.25) is 5.02 Å². The van der Waals surface area contributed by atoms with E-state index in [1.807, 2.05) is 18.2 Å². The lowest BCUT2D eigenvalue weighted by atomic mass is 10.1. The van der Waals surface area contributed by atoms with Crippen LogP contribution in [0.25, 0.3) is 5.52 Å². The first-order valence-electron chi connectivity index (χ1n) is 6.39. The van der Waals surface area contributed by atoms with E-state index in [-0.39, 0.29) is 5.78 Å². The van der Waals surface area contributed by atoms with Crippen LogP contribution in [0, 0.1) is 0 Å². The van der Waals surface area contributed by atoms with Crippen LogP contribution in [0.4, 0.5) is 0 Å². The fourth-order valence-corrected chi connectivity index (χ4v) is 2.40. The van der Waals surface area contributed by atoms with Gasteiger partial charge in [0.1, 0.15) is 5.69 Å². The second-order valence-corrected chi connectivity index (χ2v) is 4.88. The van der Waals surface area contributed by atoms with Gasteiger partial charge in [0.15, 0.2) is 0 Å². The topological polar surface area (TPSA) is 61.4 Å². The Balaban J connectivity index is 2.04. The molecule has 0 bridgehead atoms. The van der Waals surface area contributed by atoms with Crippen LogP contribution in [0.15, 0.2) is 36.8 Å². The zero-order valence-corrected chi connectivity index (χ0v) is 12.1. The van der Waals surface area contributed by atoms with Crippen molar-refractivity contribution in [1.82, 2.24) is 19.4 Å². The van der Waals surface area contributed by atoms with Gasteiger partial charge in [0.2, 0.25) is 5.78 Å². The molecule has 6 nitrogen and oxygen atoms in total. The highest BCUT2D eigenvalue weighted by Gasteiger charge is 2.22. The van der Waals surface area contributed by atoms with Crippen molar-refractivity contribution in [3.05, 3.63) is 53.1 Å². The maximum atomic E-state index is 12.7. The predicted molar refractivity (Wildman–Crippen MR) is 77.7 cm³/mol. The van der Waals surface area contributed by atoms with E-state index in [2.05, 4.69) is 10.2 Å². The van der Waals surface area contributed by atoms with Crippen molar-refractivity contribution >= 4 is 22.9 Å². The number of nitrogens with zero attached hydrogens (tertiary/aromatic N) is 4. The van der Waals surface area contributed by atoms with Gasteiger partial charge in [-0.3, -0.25) is 9.48 Å². The number of pyridine rings is 1. The zero-order chi connectivity index (χ0) is 14.8. The third-order valence-corrected chi connectivity index (χ3v) is 3.46. The highest BCUT2D eigenvalue weighted by Crippen LogP contribution is 2.21. The molecule has 0 aliphatic carbocycles. The molecule has 0 saturated heterocycles. The second-order valence-electron chi connectivity index (χ2n) is 4.47. The van der Waals surface area contributed by atoms with Crippen molar-refractivity contribution in [1.29, 1.82) is 0 Å². The lowest BCUT2D eigenvalue weighted by Crippen LogP contribution is -2.14. The number of hydrogen-bond donors (Lipinski definition) is 0. The molecular weight excluding hydrogens is 292 g/mol. The van der Waals surface area contributed by atoms with E-state index >= 15 is 0 Å². The van der Waals surface area contributed by atoms with E-state index in [4.69, 9.17) is 16.3 Å². The van der Waals surface area contributed by atoms with Crippen molar-refractivity contribution in [3.63, 3.8) is 0 Å². The van der Waals surface area contributed by atoms with E-state index in [0.29, 0.717) is 29.4 Å². The predicted octanol–water partition coefficient (Wildman–Crippen LogP) is 2.06. The van der Waals surface area contributed by atoms with Crippen molar-refractivity contribution < 1.29 is 9.53 Å². The molecule has 0 amide bonds. The van der Waals surface area contributed by atoms with Crippen LogP contribution < -0.4 is 0 Å². The van der Waals surface area contributed by atoms with E-state index in [1.54, 1.807) is 28.7 Å². The minimum Gasteiger partial charge on any atom is -0.383 e. The number of aromatic nitrogens is 4. The first-order valence-corrected chi connectivity index (χ1v) is 6.77. The molecular formula is C14H13ClN4O2. The number of carbonyl (C=O) groups excluding carboxylic acids is 1. The fourth-order valence-electron chi connectivity index (χ4n) is 2.17. The van der Waals surface area contributed by atoms with Gasteiger partial charge in [-0.1, -0.05) is 17.7 Å². The molecule has 108 valence electrons. The largest absolute Gasteiger partial charge is 0.383 e. The van der Waals surface area contributed by atoms with Crippen LogP contribution in [0.1, 0.15) is 16.1 Å². The summed E-state index contributed by atoms with van der Waals surface area (Å²) in [5.74, 6) is -0.199. The molecule has 0 spiro atoms. The molecule has 3 rings (SSSR count). The molecule has 0 radical (unpaired) electrons. The molecule has 0 atom stereocenters. The number of methoxy groups -OCH3 is 1. The fraction of sp³-hybridized carbons (Fsp3) is 0.214. The van der Waals surface area contributed by atoms with Crippen LogP contribution in [-0.4, -0.2) is 38.9 Å². The van der Waals surface area contributed by atoms with Gasteiger partial charge in [-0.15, -0.1) is 0 Å². The van der Waals surface area contributed by atoms with Crippen LogP contribution in [0.3, 0.4) is 0 Å². The summed E-state index contributed by atoms with van der Waals surface area (Å²) in [5, 5.41) is 8.62. The lowest BCUT2D eigenvalue weighted by molar-refractivity contribution is 0.102. The smallest absolute Gasteiger partial charge is 0.216 e. The molecule has 0 unspecified atom stereocenters. The quantitative estimate of drug-likeness (QED) is 0.677. The third kappa shape index (κ3) is 2.43. The van der Waals surface area contributed by atoms with E-state index in [0.717, 1.165) is 5.52 Å². The van der Waals surface area contributed by atoms with Crippen LogP contribution >= 0.6 is 11.6 Å². The molecule has 7 heteroatoms. The first kappa shape index (κ1) is 13.8. The van der Waals surface area contributed by atoms with Gasteiger partial charge in [0.25, 0.3) is 0 Å². The average Bonchev–Trinajstić information content (AvgIpc) is 3.08. The Morgan fingerprint density at radius 3 is 3.00 bits per heavy atom. The minimum absolute atomic E-state index is 0.199. The summed E-state index contributed by atoms with van der Waals surface area (Å²) >= 11 is 6.11. The van der Waals surface area contributed by atoms with Crippen molar-refractivity contribution in [3.8, 4) is 0 Å². The van der Waals surface area contributed by atoms with Gasteiger partial charge in [-0.25, -0.2) is 4.52 Å². The highest BCUT2D eigenvalue weighted by molar-refractivity contribution is 6.34. The Hall–Kier alpha value is -2.18. The van der Waals surface area contributed by atoms with Gasteiger partial charge < -0.3 is 4.74 Å². The Kier molecular flexibility index (Phi) is 3.72. The molecule has 0 aliphatic heterocycles. The SMILES string of the molecule is COCCn1ncc(Cl)c1C(=O)c1cnn2ccccc12. The summed E-state index contributed by atoms with van der Waals surface area (Å²) in [6, 6.07) is 5.55. The molecule has 0 aliphatic rings. The van der Waals surface area contributed by atoms with E-state index < -0.39 is 0 Å². The Labute approximate surface area is 125 Å². The molecule has 21 heavy (non-hydrogen) atoms. The number of rotatable bonds is 5. The molecule has 0 saturated carbocycles. The molecule has 3 aromatic heterocycles. The number of halogens is 1. The highest BCUT2D eigenvalue weighted by atomic mass is 35.5. The number of ketones is 1. The standard InChI is InChI=1S/C14H13ClN4O2/c1-21-7-6-19-13(11(15)9-17-19)14(20)10-8-16-18-5-3-2-4-12(10)18/h2-5,8-9H,6-7H2,1H3. The number of ether oxygens (including phenoxy) is 1. The maximum Gasteiger partial charge on any atom is 0.216 e. The van der Waals surface area contributed by atoms with E-state index in [1.165, 1.54) is 6.20 Å². The summed E-state index contributed by atoms with van der Waals surface area (Å²) in [6.45, 7) is 0.913. The lowest BCUT2D eigenvalue weighted by Gasteiger charge is -2.06. The van der Waals surface area contributed by atoms with Crippen LogP contribution in [-0.2, 0) is 11.3 Å². The first-order chi connectivity index (χ1) is 10.2. The summed E-state index contributed by atoms with van der Waals surface area (Å²) in [5.41, 5.74) is 1.59. The number of carbonyl (C=O) groups is 1. The number of hydrogen-bond acceptors (Lipinski definition) is 4. The van der Waals surface area contributed by atoms with Gasteiger partial charge in [-0.2, -0.15) is 10.2 Å². The normalized spacial score (nSPS) is 11.1. The third-order valence-electron chi connectivity index (χ3n) is 3.19. The Morgan fingerprint density at radius 1 is 1.33 bits per heavy atom. The Bertz CT molecular complexity index is 793. The summed E-state index contributed by atoms with van der Waals surface area (Å²) in [7, 11) is 1.60. The van der Waals surface area contributed by atoms with Gasteiger partial charge >= 0.3 is 0 Å². The monoisotopic (exact) mass is 304 g/mol. The van der Waals surface area contributed by atoms with Crippen molar-refractivity contribution in [2.24, 2.45) is 0 Å². The summed E-state index contributed by atoms with van der Waals surface area (Å²) < 4.78 is 8.22. The maximum absolute atomic E-state index is 12.7. The van der Waals surface area contributed by atoms with E-state index in [9.17, 15) is 4.79 Å². The van der Waals surface area contributed by atoms with Gasteiger partial charge in [-0.05, 0) is 12.1 Å². The molecule has 0 aromatic carbocycles. The number of fused-ring (bicyclic) bond motifs is 1. The molecule has 3 heterocycles. The molecule has 3 aromatic rings. The second kappa shape index (κ2) is 5.67. The minimum atomic E-state index is -0.199. The zero-order valence-electron chi connectivity index (χ0n) is 11.4. The van der Waals surface area contributed by atoms with Crippen LogP contribution in [0.5, 0.6) is 0 Å². The van der Waals surface area contributed by atoms with Crippen molar-refractivity contribution in [2.75, 3.05) is 13.7 Å². The van der Waals surface area contributed by atoms with Crippen molar-refractivity contribution in [2.45, 2.75) is 6.54 Å². The van der Waals surface area contributed by atoms with Gasteiger partial charge in [0.05, 0.1) is 41.6 Å². The molecule has 0 fully saturated rings. The Morgan fingerprint density at radius 2 is 2.19 bits per heavy atom. The van der Waals surface area contributed by atoms with Gasteiger partial charge in [0, 0.05) is 13.3 Å². The average molecular weight is 305 g/mol. The summed E-state index contributed by atoms with van der Waals surface area (Å²) in [6.07, 6.45) is 4.80. The summed E-state index contributed by atoms with van der Waals surface area (Å²) in [4.78, 5) is 12.7.